The third-order valence-corrected chi connectivity index (χ3v) is 9.98. The van der Waals surface area contributed by atoms with Gasteiger partial charge in [-0.3, -0.25) is 9.69 Å². The maximum Gasteiger partial charge on any atom is 0.245 e. The maximum absolute atomic E-state index is 14.9. The van der Waals surface area contributed by atoms with Gasteiger partial charge in [0.2, 0.25) is 5.91 Å². The van der Waals surface area contributed by atoms with Crippen LogP contribution in [-0.4, -0.2) is 71.1 Å². The van der Waals surface area contributed by atoms with E-state index < -0.39 is 5.82 Å². The van der Waals surface area contributed by atoms with E-state index in [-0.39, 0.29) is 38.6 Å². The molecule has 41 heavy (non-hydrogen) atoms. The van der Waals surface area contributed by atoms with Crippen LogP contribution in [0.25, 0.3) is 10.9 Å². The van der Waals surface area contributed by atoms with E-state index >= 15 is 0 Å². The Kier molecular flexibility index (Phi) is 6.52. The highest BCUT2D eigenvalue weighted by Gasteiger charge is 2.96. The van der Waals surface area contributed by atoms with Crippen LogP contribution in [-0.2, 0) is 4.79 Å². The van der Waals surface area contributed by atoms with Crippen molar-refractivity contribution in [3.05, 3.63) is 59.1 Å². The summed E-state index contributed by atoms with van der Waals surface area (Å²) in [7, 11) is 0. The number of carbonyl (C=O) groups is 1. The molecule has 0 bridgehead atoms. The van der Waals surface area contributed by atoms with Gasteiger partial charge in [-0.25, -0.2) is 14.4 Å². The maximum atomic E-state index is 14.9. The lowest BCUT2D eigenvalue weighted by Gasteiger charge is -2.29. The summed E-state index contributed by atoms with van der Waals surface area (Å²) >= 11 is 12.0. The average Bonchev–Trinajstić information content (AvgIpc) is 3.71. The largest absolute Gasteiger partial charge is 0.488 e. The summed E-state index contributed by atoms with van der Waals surface area (Å²) in [4.78, 5) is 25.3. The summed E-state index contributed by atoms with van der Waals surface area (Å²) < 4.78 is 27.8. The summed E-state index contributed by atoms with van der Waals surface area (Å²) in [5.74, 6) is 0.892. The van der Waals surface area contributed by atoms with Crippen molar-refractivity contribution >= 4 is 51.5 Å². The van der Waals surface area contributed by atoms with Crippen molar-refractivity contribution in [1.29, 1.82) is 0 Å². The van der Waals surface area contributed by atoms with Crippen LogP contribution in [0.5, 0.6) is 11.5 Å². The zero-order valence-electron chi connectivity index (χ0n) is 22.5. The second-order valence-electron chi connectivity index (χ2n) is 11.5. The number of anilines is 2. The Labute approximate surface area is 247 Å². The highest BCUT2D eigenvalue weighted by molar-refractivity contribution is 6.42. The predicted octanol–water partition coefficient (Wildman–Crippen LogP) is 5.85. The van der Waals surface area contributed by atoms with Crippen molar-refractivity contribution in [2.45, 2.75) is 31.8 Å². The first-order valence-corrected chi connectivity index (χ1v) is 14.7. The van der Waals surface area contributed by atoms with Gasteiger partial charge in [0.1, 0.15) is 24.9 Å². The van der Waals surface area contributed by atoms with Crippen molar-refractivity contribution in [3.63, 3.8) is 0 Å². The highest BCUT2D eigenvalue weighted by atomic mass is 35.5. The fourth-order valence-corrected chi connectivity index (χ4v) is 7.13. The van der Waals surface area contributed by atoms with Crippen LogP contribution < -0.4 is 14.8 Å². The number of carbonyl (C=O) groups excluding carboxylic acids is 1. The number of benzene rings is 2. The molecule has 4 fully saturated rings. The van der Waals surface area contributed by atoms with Gasteiger partial charge >= 0.3 is 0 Å². The third-order valence-electron chi connectivity index (χ3n) is 9.20. The molecule has 214 valence electrons. The van der Waals surface area contributed by atoms with Crippen LogP contribution in [0.1, 0.15) is 25.7 Å². The zero-order chi connectivity index (χ0) is 28.4. The molecule has 4 aliphatic rings. The third kappa shape index (κ3) is 4.40. The van der Waals surface area contributed by atoms with Gasteiger partial charge in [0.15, 0.2) is 17.3 Å². The number of nitrogens with one attached hydrogen (secondary N) is 1. The van der Waals surface area contributed by atoms with Gasteiger partial charge in [-0.1, -0.05) is 36.2 Å². The van der Waals surface area contributed by atoms with E-state index in [1.165, 1.54) is 43.8 Å². The molecule has 7 rings (SSSR count). The molecule has 0 radical (unpaired) electrons. The van der Waals surface area contributed by atoms with Crippen molar-refractivity contribution in [3.8, 4) is 11.5 Å². The van der Waals surface area contributed by atoms with Crippen LogP contribution in [0.2, 0.25) is 10.0 Å². The van der Waals surface area contributed by atoms with Crippen LogP contribution in [0.3, 0.4) is 0 Å². The summed E-state index contributed by atoms with van der Waals surface area (Å²) in [5.41, 5.74) is 0.752. The lowest BCUT2D eigenvalue weighted by Crippen LogP contribution is -2.40. The number of piperidine rings is 3. The van der Waals surface area contributed by atoms with Crippen molar-refractivity contribution < 1.29 is 18.7 Å². The second kappa shape index (κ2) is 10.00. The monoisotopic (exact) mass is 597 g/mol. The first-order valence-electron chi connectivity index (χ1n) is 14.0. The van der Waals surface area contributed by atoms with Gasteiger partial charge in [0, 0.05) is 41.9 Å². The summed E-state index contributed by atoms with van der Waals surface area (Å²) in [6.07, 6.45) is 7.55. The van der Waals surface area contributed by atoms with Crippen molar-refractivity contribution in [2.24, 2.45) is 10.8 Å². The summed E-state index contributed by atoms with van der Waals surface area (Å²) in [6, 6.07) is 6.75. The quantitative estimate of drug-likeness (QED) is 0.245. The number of fused-ring (bicyclic) bond motifs is 1. The molecule has 2 aliphatic heterocycles. The average molecular weight is 599 g/mol. The molecular weight excluding hydrogens is 568 g/mol. The van der Waals surface area contributed by atoms with Gasteiger partial charge in [-0.15, -0.1) is 0 Å². The number of nitrogens with zero attached hydrogens (tertiary/aromatic N) is 4. The molecule has 8 nitrogen and oxygen atoms in total. The molecule has 2 saturated heterocycles. The first-order chi connectivity index (χ1) is 19.8. The number of aromatic nitrogens is 2. The van der Waals surface area contributed by atoms with Crippen molar-refractivity contribution in [1.82, 2.24) is 19.8 Å². The molecule has 3 atom stereocenters. The van der Waals surface area contributed by atoms with E-state index in [9.17, 15) is 9.18 Å². The minimum atomic E-state index is -0.664. The Morgan fingerprint density at radius 3 is 2.68 bits per heavy atom. The van der Waals surface area contributed by atoms with Crippen LogP contribution in [0.4, 0.5) is 15.9 Å². The normalized spacial score (nSPS) is 26.3. The lowest BCUT2D eigenvalue weighted by molar-refractivity contribution is -0.127. The van der Waals surface area contributed by atoms with E-state index in [1.807, 2.05) is 17.0 Å². The van der Waals surface area contributed by atoms with Crippen LogP contribution in [0.15, 0.2) is 43.2 Å². The Morgan fingerprint density at radius 1 is 1.15 bits per heavy atom. The van der Waals surface area contributed by atoms with E-state index in [2.05, 4.69) is 26.8 Å². The summed E-state index contributed by atoms with van der Waals surface area (Å²) in [6.45, 7) is 8.51. The molecular formula is C30H30Cl2FN5O3. The molecule has 1 unspecified atom stereocenters. The molecule has 2 aromatic carbocycles. The van der Waals surface area contributed by atoms with Crippen molar-refractivity contribution in [2.75, 3.05) is 44.6 Å². The number of ether oxygens (including phenoxy) is 2. The fourth-order valence-electron chi connectivity index (χ4n) is 6.82. The van der Waals surface area contributed by atoms with Gasteiger partial charge in [0.25, 0.3) is 0 Å². The molecule has 1 amide bonds. The molecule has 2 saturated carbocycles. The molecule has 0 spiro atoms. The summed E-state index contributed by atoms with van der Waals surface area (Å²) in [5, 5.41) is 3.65. The molecule has 1 aromatic heterocycles. The molecule has 1 N–H and O–H groups in total. The van der Waals surface area contributed by atoms with Gasteiger partial charge in [-0.2, -0.15) is 0 Å². The number of hydrogen-bond donors (Lipinski definition) is 1. The van der Waals surface area contributed by atoms with Crippen LogP contribution in [0, 0.1) is 16.6 Å². The predicted molar refractivity (Wildman–Crippen MR) is 156 cm³/mol. The van der Waals surface area contributed by atoms with E-state index in [4.69, 9.17) is 32.7 Å². The fraction of sp³-hybridized carbons (Fsp3) is 0.433. The lowest BCUT2D eigenvalue weighted by atomic mass is 10.1. The second-order valence-corrected chi connectivity index (χ2v) is 12.3. The number of amides is 1. The Bertz CT molecular complexity index is 1550. The number of halogens is 3. The number of rotatable bonds is 9. The number of hydrogen-bond acceptors (Lipinski definition) is 7. The van der Waals surface area contributed by atoms with E-state index in [0.29, 0.717) is 47.9 Å². The minimum Gasteiger partial charge on any atom is -0.488 e. The van der Waals surface area contributed by atoms with Gasteiger partial charge in [0.05, 0.1) is 21.2 Å². The standard InChI is InChI=1S/C30H30Cl2FN5O3/c1-2-24(39)38-15-29-14-30(29,16-38)28(29)41-23-12-18-21(13-22(23)40-11-10-37-8-4-3-5-9-37)34-17-35-27(18)36-20-7-6-19(31)25(32)26(20)33/h2,6-7,12-13,17,28H,1,3-5,8-11,14-16H2,(H,34,35,36)/t28?,29-,30+. The van der Waals surface area contributed by atoms with Gasteiger partial charge < -0.3 is 19.7 Å². The number of likely N-dealkylation sites (tertiary alicyclic amines) is 2. The van der Waals surface area contributed by atoms with E-state index in [0.717, 1.165) is 26.1 Å². The Balaban J connectivity index is 1.17. The van der Waals surface area contributed by atoms with Gasteiger partial charge in [-0.05, 0) is 56.6 Å². The molecule has 3 aromatic rings. The highest BCUT2D eigenvalue weighted by Crippen LogP contribution is 2.89. The van der Waals surface area contributed by atoms with E-state index in [1.54, 1.807) is 0 Å². The molecule has 2 aliphatic carbocycles. The zero-order valence-corrected chi connectivity index (χ0v) is 24.0. The first kappa shape index (κ1) is 26.7. The topological polar surface area (TPSA) is 79.8 Å². The Morgan fingerprint density at radius 2 is 1.93 bits per heavy atom. The minimum absolute atomic E-state index is 0.000633. The van der Waals surface area contributed by atoms with Crippen LogP contribution >= 0.6 is 23.2 Å². The Hall–Kier alpha value is -3.14. The molecule has 11 heteroatoms. The SMILES string of the molecule is C=CC(=O)N1C[C@@]23C[C@]2(C1)C3Oc1cc2c(Nc3ccc(Cl)c(Cl)c3F)ncnc2cc1OCCN1CCCCC1. The molecule has 3 heterocycles. The smallest absolute Gasteiger partial charge is 0.245 e.